The number of carbonyl (C=O) groups excluding carboxylic acids is 1. The molecule has 1 saturated carbocycles. The van der Waals surface area contributed by atoms with E-state index in [0.717, 1.165) is 6.42 Å². The maximum absolute atomic E-state index is 12.3. The van der Waals surface area contributed by atoms with Crippen molar-refractivity contribution in [2.45, 2.75) is 58.4 Å². The number of hydrogen-bond donors (Lipinski definition) is 0. The van der Waals surface area contributed by atoms with Gasteiger partial charge in [0.05, 0.1) is 18.6 Å². The van der Waals surface area contributed by atoms with E-state index in [1.165, 1.54) is 0 Å². The SMILES string of the molecule is CCOC(=O)C1C2C=CC(C2)[C@H]1O[Si](C)(C)C(C)(C)C. The topological polar surface area (TPSA) is 35.5 Å². The highest BCUT2D eigenvalue weighted by molar-refractivity contribution is 6.74. The number of ether oxygens (including phenoxy) is 1. The third-order valence-electron chi connectivity index (χ3n) is 5.18. The zero-order valence-electron chi connectivity index (χ0n) is 13.6. The van der Waals surface area contributed by atoms with E-state index in [2.05, 4.69) is 46.0 Å². The van der Waals surface area contributed by atoms with Gasteiger partial charge in [0.2, 0.25) is 0 Å². The molecule has 0 amide bonds. The van der Waals surface area contributed by atoms with Gasteiger partial charge in [-0.05, 0) is 37.4 Å². The van der Waals surface area contributed by atoms with Crippen LogP contribution >= 0.6 is 0 Å². The lowest BCUT2D eigenvalue weighted by molar-refractivity contribution is -0.152. The van der Waals surface area contributed by atoms with Crippen LogP contribution in [0.4, 0.5) is 0 Å². The van der Waals surface area contributed by atoms with Crippen LogP contribution in [0.5, 0.6) is 0 Å². The van der Waals surface area contributed by atoms with Gasteiger partial charge in [0.25, 0.3) is 0 Å². The molecule has 0 aliphatic heterocycles. The highest BCUT2D eigenvalue weighted by atomic mass is 28.4. The Balaban J connectivity index is 2.17. The minimum absolute atomic E-state index is 0.0185. The average molecular weight is 296 g/mol. The summed E-state index contributed by atoms with van der Waals surface area (Å²) in [5.41, 5.74) is 0. The zero-order chi connectivity index (χ0) is 15.1. The van der Waals surface area contributed by atoms with Gasteiger partial charge in [-0.1, -0.05) is 32.9 Å². The minimum atomic E-state index is -1.86. The van der Waals surface area contributed by atoms with Gasteiger partial charge in [0.1, 0.15) is 0 Å². The molecule has 2 bridgehead atoms. The Labute approximate surface area is 123 Å². The molecule has 114 valence electrons. The molecule has 0 aromatic heterocycles. The normalized spacial score (nSPS) is 32.7. The molecule has 0 aromatic rings. The van der Waals surface area contributed by atoms with Crippen molar-refractivity contribution in [3.63, 3.8) is 0 Å². The number of carbonyl (C=O) groups is 1. The van der Waals surface area contributed by atoms with Gasteiger partial charge in [0.15, 0.2) is 8.32 Å². The van der Waals surface area contributed by atoms with Crippen LogP contribution in [0.1, 0.15) is 34.1 Å². The summed E-state index contributed by atoms with van der Waals surface area (Å²) in [6, 6.07) is 0. The van der Waals surface area contributed by atoms with Crippen molar-refractivity contribution >= 4 is 14.3 Å². The van der Waals surface area contributed by atoms with E-state index in [9.17, 15) is 4.79 Å². The van der Waals surface area contributed by atoms with E-state index in [-0.39, 0.29) is 23.0 Å². The Morgan fingerprint density at radius 3 is 2.40 bits per heavy atom. The molecule has 0 spiro atoms. The summed E-state index contributed by atoms with van der Waals surface area (Å²) in [6.07, 6.45) is 5.48. The predicted octanol–water partition coefficient (Wildman–Crippen LogP) is 3.76. The first-order chi connectivity index (χ1) is 9.17. The predicted molar refractivity (Wildman–Crippen MR) is 82.9 cm³/mol. The molecule has 0 aromatic carbocycles. The van der Waals surface area contributed by atoms with Gasteiger partial charge in [0, 0.05) is 5.92 Å². The number of allylic oxidation sites excluding steroid dienone is 1. The quantitative estimate of drug-likeness (QED) is 0.450. The third-order valence-corrected chi connectivity index (χ3v) is 9.66. The molecule has 20 heavy (non-hydrogen) atoms. The summed E-state index contributed by atoms with van der Waals surface area (Å²) in [4.78, 5) is 12.3. The lowest BCUT2D eigenvalue weighted by atomic mass is 9.91. The summed E-state index contributed by atoms with van der Waals surface area (Å²) in [7, 11) is -1.86. The van der Waals surface area contributed by atoms with Crippen LogP contribution in [0.2, 0.25) is 18.1 Å². The third kappa shape index (κ3) is 2.73. The Kier molecular flexibility index (Phi) is 4.18. The maximum atomic E-state index is 12.3. The van der Waals surface area contributed by atoms with Gasteiger partial charge >= 0.3 is 5.97 Å². The summed E-state index contributed by atoms with van der Waals surface area (Å²) in [6.45, 7) is 13.5. The molecule has 2 rings (SSSR count). The monoisotopic (exact) mass is 296 g/mol. The van der Waals surface area contributed by atoms with Crippen molar-refractivity contribution in [2.75, 3.05) is 6.61 Å². The van der Waals surface area contributed by atoms with E-state index in [1.807, 2.05) is 6.92 Å². The molecule has 3 unspecified atom stereocenters. The van der Waals surface area contributed by atoms with Crippen molar-refractivity contribution in [1.29, 1.82) is 0 Å². The first-order valence-electron chi connectivity index (χ1n) is 7.70. The largest absolute Gasteiger partial charge is 0.466 e. The van der Waals surface area contributed by atoms with Gasteiger partial charge in [-0.25, -0.2) is 0 Å². The number of fused-ring (bicyclic) bond motifs is 2. The second-order valence-corrected chi connectivity index (χ2v) is 12.3. The van der Waals surface area contributed by atoms with Crippen LogP contribution < -0.4 is 0 Å². The minimum Gasteiger partial charge on any atom is -0.466 e. The number of rotatable bonds is 4. The lowest BCUT2D eigenvalue weighted by Crippen LogP contribution is -2.48. The fourth-order valence-corrected chi connectivity index (χ4v) is 4.36. The molecule has 2 aliphatic rings. The van der Waals surface area contributed by atoms with Gasteiger partial charge < -0.3 is 9.16 Å². The van der Waals surface area contributed by atoms with Crippen LogP contribution in [-0.2, 0) is 14.0 Å². The summed E-state index contributed by atoms with van der Waals surface area (Å²) in [5, 5.41) is 0.164. The molecular weight excluding hydrogens is 268 g/mol. The highest BCUT2D eigenvalue weighted by Crippen LogP contribution is 2.49. The van der Waals surface area contributed by atoms with E-state index in [1.54, 1.807) is 0 Å². The van der Waals surface area contributed by atoms with Crippen molar-refractivity contribution in [1.82, 2.24) is 0 Å². The average Bonchev–Trinajstić information content (AvgIpc) is 2.87. The molecule has 4 heteroatoms. The van der Waals surface area contributed by atoms with Gasteiger partial charge in [-0.3, -0.25) is 4.79 Å². The fourth-order valence-electron chi connectivity index (χ4n) is 3.00. The molecule has 1 fully saturated rings. The second-order valence-electron chi connectivity index (χ2n) is 7.57. The van der Waals surface area contributed by atoms with Gasteiger partial charge in [-0.2, -0.15) is 0 Å². The Morgan fingerprint density at radius 1 is 1.25 bits per heavy atom. The Bertz CT molecular complexity index is 408. The molecule has 0 N–H and O–H groups in total. The molecule has 2 aliphatic carbocycles. The van der Waals surface area contributed by atoms with E-state index >= 15 is 0 Å². The van der Waals surface area contributed by atoms with Crippen molar-refractivity contribution in [3.8, 4) is 0 Å². The second kappa shape index (κ2) is 5.30. The first kappa shape index (κ1) is 15.8. The van der Waals surface area contributed by atoms with Crippen LogP contribution in [-0.4, -0.2) is 27.0 Å². The van der Waals surface area contributed by atoms with Crippen molar-refractivity contribution in [2.24, 2.45) is 17.8 Å². The fraction of sp³-hybridized carbons (Fsp3) is 0.812. The molecule has 0 saturated heterocycles. The summed E-state index contributed by atoms with van der Waals surface area (Å²) < 4.78 is 11.8. The number of hydrogen-bond acceptors (Lipinski definition) is 3. The Morgan fingerprint density at radius 2 is 1.85 bits per heavy atom. The lowest BCUT2D eigenvalue weighted by Gasteiger charge is -2.41. The zero-order valence-corrected chi connectivity index (χ0v) is 14.6. The van der Waals surface area contributed by atoms with E-state index in [0.29, 0.717) is 18.4 Å². The summed E-state index contributed by atoms with van der Waals surface area (Å²) >= 11 is 0. The molecule has 0 heterocycles. The van der Waals surface area contributed by atoms with E-state index in [4.69, 9.17) is 9.16 Å². The molecule has 3 nitrogen and oxygen atoms in total. The first-order valence-corrected chi connectivity index (χ1v) is 10.6. The van der Waals surface area contributed by atoms with Crippen molar-refractivity contribution < 1.29 is 14.0 Å². The van der Waals surface area contributed by atoms with E-state index < -0.39 is 8.32 Å². The van der Waals surface area contributed by atoms with Crippen LogP contribution in [0.15, 0.2) is 12.2 Å². The maximum Gasteiger partial charge on any atom is 0.312 e. The Hall–Kier alpha value is -0.613. The van der Waals surface area contributed by atoms with Crippen molar-refractivity contribution in [3.05, 3.63) is 12.2 Å². The van der Waals surface area contributed by atoms with Crippen LogP contribution in [0, 0.1) is 17.8 Å². The highest BCUT2D eigenvalue weighted by Gasteiger charge is 2.52. The molecule has 0 radical (unpaired) electrons. The van der Waals surface area contributed by atoms with Crippen LogP contribution in [0.3, 0.4) is 0 Å². The molecule has 4 atom stereocenters. The number of esters is 1. The summed E-state index contributed by atoms with van der Waals surface area (Å²) in [5.74, 6) is 0.532. The van der Waals surface area contributed by atoms with Gasteiger partial charge in [-0.15, -0.1) is 0 Å². The smallest absolute Gasteiger partial charge is 0.312 e. The van der Waals surface area contributed by atoms with Crippen LogP contribution in [0.25, 0.3) is 0 Å². The molecular formula is C16H28O3Si. The standard InChI is InChI=1S/C16H28O3Si/c1-7-18-15(17)13-11-8-9-12(10-11)14(13)19-20(5,6)16(2,3)4/h8-9,11-14H,7,10H2,1-6H3/t11?,12?,13?,14-/m1/s1.